The van der Waals surface area contributed by atoms with Crippen molar-refractivity contribution in [1.82, 2.24) is 0 Å². The number of sulfone groups is 1. The van der Waals surface area contributed by atoms with Gasteiger partial charge in [0, 0.05) is 6.26 Å². The first-order chi connectivity index (χ1) is 4.89. The summed E-state index contributed by atoms with van der Waals surface area (Å²) in [5, 5.41) is 7.23. The van der Waals surface area contributed by atoms with E-state index in [0.29, 0.717) is 6.42 Å². The molecule has 0 aliphatic carbocycles. The molecule has 0 aliphatic heterocycles. The van der Waals surface area contributed by atoms with Gasteiger partial charge in [-0.05, 0) is 6.42 Å². The average Bonchev–Trinajstić information content (AvgIpc) is 1.79. The van der Waals surface area contributed by atoms with Gasteiger partial charge in [-0.25, -0.2) is 8.42 Å². The first-order valence-corrected chi connectivity index (χ1v) is 5.26. The van der Waals surface area contributed by atoms with E-state index in [1.807, 2.05) is 0 Å². The monoisotopic (exact) mass is 180 g/mol. The zero-order valence-corrected chi connectivity index (χ0v) is 7.39. The van der Waals surface area contributed by atoms with E-state index >= 15 is 0 Å². The zero-order valence-electron chi connectivity index (χ0n) is 6.57. The number of carbonyl (C=O) groups is 1. The lowest BCUT2D eigenvalue weighted by Gasteiger charge is -2.07. The third kappa shape index (κ3) is 3.36. The third-order valence-corrected chi connectivity index (χ3v) is 2.81. The predicted octanol–water partition coefficient (Wildman–Crippen LogP) is 0.284. The van der Waals surface area contributed by atoms with Crippen molar-refractivity contribution in [2.45, 2.75) is 25.0 Å². The van der Waals surface area contributed by atoms with Crippen LogP contribution in [0.5, 0.6) is 0 Å². The molecule has 0 spiro atoms. The molecule has 4 nitrogen and oxygen atoms in total. The van der Waals surface area contributed by atoms with E-state index in [0.717, 1.165) is 6.26 Å². The Kier molecular flexibility index (Phi) is 3.51. The zero-order chi connectivity index (χ0) is 9.07. The van der Waals surface area contributed by atoms with Crippen LogP contribution in [0.4, 0.5) is 0 Å². The standard InChI is InChI=1S/C6H12O4S/c1-3-4-5(6(7)8)11(2,9)10/h5H,3-4H2,1-2H3,(H,7,8). The summed E-state index contributed by atoms with van der Waals surface area (Å²) in [5.74, 6) is -1.26. The van der Waals surface area contributed by atoms with Crippen molar-refractivity contribution >= 4 is 15.8 Å². The SMILES string of the molecule is CCCC(C(=O)O)S(C)(=O)=O. The van der Waals surface area contributed by atoms with Gasteiger partial charge in [0.25, 0.3) is 0 Å². The van der Waals surface area contributed by atoms with Crippen LogP contribution < -0.4 is 0 Å². The van der Waals surface area contributed by atoms with Crippen molar-refractivity contribution in [3.05, 3.63) is 0 Å². The molecule has 0 aromatic carbocycles. The van der Waals surface area contributed by atoms with Gasteiger partial charge < -0.3 is 5.11 Å². The number of hydrogen-bond acceptors (Lipinski definition) is 3. The number of rotatable bonds is 4. The minimum absolute atomic E-state index is 0.189. The minimum Gasteiger partial charge on any atom is -0.480 e. The Hall–Kier alpha value is -0.580. The maximum absolute atomic E-state index is 10.8. The molecular weight excluding hydrogens is 168 g/mol. The molecule has 0 saturated heterocycles. The Morgan fingerprint density at radius 2 is 2.00 bits per heavy atom. The van der Waals surface area contributed by atoms with E-state index in [9.17, 15) is 13.2 Å². The highest BCUT2D eigenvalue weighted by Gasteiger charge is 2.26. The van der Waals surface area contributed by atoms with Gasteiger partial charge in [0.15, 0.2) is 15.1 Å². The lowest BCUT2D eigenvalue weighted by molar-refractivity contribution is -0.136. The highest BCUT2D eigenvalue weighted by molar-refractivity contribution is 7.92. The van der Waals surface area contributed by atoms with Crippen LogP contribution in [0.15, 0.2) is 0 Å². The fourth-order valence-corrected chi connectivity index (χ4v) is 1.81. The Labute approximate surface area is 66.1 Å². The van der Waals surface area contributed by atoms with Crippen molar-refractivity contribution in [1.29, 1.82) is 0 Å². The summed E-state index contributed by atoms with van der Waals surface area (Å²) in [6.07, 6.45) is 1.69. The number of carboxylic acids is 1. The maximum atomic E-state index is 10.8. The lowest BCUT2D eigenvalue weighted by atomic mass is 10.2. The highest BCUT2D eigenvalue weighted by atomic mass is 32.2. The summed E-state index contributed by atoms with van der Waals surface area (Å²) in [4.78, 5) is 10.4. The summed E-state index contributed by atoms with van der Waals surface area (Å²) in [5.41, 5.74) is 0. The molecule has 0 aromatic rings. The molecule has 1 unspecified atom stereocenters. The summed E-state index contributed by atoms with van der Waals surface area (Å²) in [7, 11) is -3.43. The number of aliphatic carboxylic acids is 1. The van der Waals surface area contributed by atoms with Gasteiger partial charge in [-0.15, -0.1) is 0 Å². The van der Waals surface area contributed by atoms with Crippen LogP contribution in [0.3, 0.4) is 0 Å². The van der Waals surface area contributed by atoms with Gasteiger partial charge in [-0.2, -0.15) is 0 Å². The van der Waals surface area contributed by atoms with E-state index in [1.54, 1.807) is 6.92 Å². The van der Waals surface area contributed by atoms with Crippen LogP contribution in [-0.2, 0) is 14.6 Å². The molecule has 1 atom stereocenters. The molecule has 0 bridgehead atoms. The molecule has 11 heavy (non-hydrogen) atoms. The molecule has 0 fully saturated rings. The van der Waals surface area contributed by atoms with E-state index in [1.165, 1.54) is 0 Å². The maximum Gasteiger partial charge on any atom is 0.321 e. The molecule has 0 radical (unpaired) electrons. The van der Waals surface area contributed by atoms with Gasteiger partial charge in [-0.1, -0.05) is 13.3 Å². The van der Waals surface area contributed by atoms with E-state index in [-0.39, 0.29) is 6.42 Å². The summed E-state index contributed by atoms with van der Waals surface area (Å²) < 4.78 is 21.6. The molecule has 0 amide bonds. The second kappa shape index (κ2) is 3.71. The van der Waals surface area contributed by atoms with Crippen LogP contribution in [0, 0.1) is 0 Å². The van der Waals surface area contributed by atoms with E-state index in [2.05, 4.69) is 0 Å². The van der Waals surface area contributed by atoms with Crippen LogP contribution in [0.1, 0.15) is 19.8 Å². The molecule has 5 heteroatoms. The van der Waals surface area contributed by atoms with Crippen LogP contribution in [0.25, 0.3) is 0 Å². The smallest absolute Gasteiger partial charge is 0.321 e. The summed E-state index contributed by atoms with van der Waals surface area (Å²) in [6, 6.07) is 0. The minimum atomic E-state index is -3.43. The Morgan fingerprint density at radius 3 is 2.09 bits per heavy atom. The first kappa shape index (κ1) is 10.4. The molecular formula is C6H12O4S. The molecule has 1 N–H and O–H groups in total. The van der Waals surface area contributed by atoms with Gasteiger partial charge in [0.1, 0.15) is 0 Å². The van der Waals surface area contributed by atoms with Gasteiger partial charge in [-0.3, -0.25) is 4.79 Å². The Morgan fingerprint density at radius 1 is 1.55 bits per heavy atom. The lowest BCUT2D eigenvalue weighted by Crippen LogP contribution is -2.28. The molecule has 0 saturated carbocycles. The molecule has 0 rings (SSSR count). The van der Waals surface area contributed by atoms with Crippen molar-refractivity contribution in [2.75, 3.05) is 6.26 Å². The second-order valence-electron chi connectivity index (χ2n) is 2.45. The summed E-state index contributed by atoms with van der Waals surface area (Å²) in [6.45, 7) is 1.75. The van der Waals surface area contributed by atoms with Crippen LogP contribution >= 0.6 is 0 Å². The van der Waals surface area contributed by atoms with Gasteiger partial charge >= 0.3 is 5.97 Å². The molecule has 0 aliphatic rings. The van der Waals surface area contributed by atoms with Gasteiger partial charge in [0.2, 0.25) is 0 Å². The molecule has 0 aromatic heterocycles. The van der Waals surface area contributed by atoms with Crippen molar-refractivity contribution < 1.29 is 18.3 Å². The Bertz CT molecular complexity index is 229. The number of carboxylic acid groups (broad SMARTS) is 1. The van der Waals surface area contributed by atoms with Crippen molar-refractivity contribution in [2.24, 2.45) is 0 Å². The normalized spacial score (nSPS) is 14.4. The topological polar surface area (TPSA) is 71.4 Å². The quantitative estimate of drug-likeness (QED) is 0.674. The average molecular weight is 180 g/mol. The fraction of sp³-hybridized carbons (Fsp3) is 0.833. The second-order valence-corrected chi connectivity index (χ2v) is 4.67. The van der Waals surface area contributed by atoms with E-state index in [4.69, 9.17) is 5.11 Å². The van der Waals surface area contributed by atoms with E-state index < -0.39 is 21.1 Å². The van der Waals surface area contributed by atoms with Crippen LogP contribution in [0.2, 0.25) is 0 Å². The highest BCUT2D eigenvalue weighted by Crippen LogP contribution is 2.06. The predicted molar refractivity (Wildman–Crippen MR) is 41.2 cm³/mol. The van der Waals surface area contributed by atoms with Crippen LogP contribution in [-0.4, -0.2) is 31.0 Å². The number of hydrogen-bond donors (Lipinski definition) is 1. The largest absolute Gasteiger partial charge is 0.480 e. The van der Waals surface area contributed by atoms with Gasteiger partial charge in [0.05, 0.1) is 0 Å². The first-order valence-electron chi connectivity index (χ1n) is 3.31. The Balaban J connectivity index is 4.49. The fourth-order valence-electron chi connectivity index (χ4n) is 0.783. The molecule has 66 valence electrons. The third-order valence-electron chi connectivity index (χ3n) is 1.34. The summed E-state index contributed by atoms with van der Waals surface area (Å²) >= 11 is 0. The van der Waals surface area contributed by atoms with Crippen molar-refractivity contribution in [3.63, 3.8) is 0 Å². The molecule has 0 heterocycles. The van der Waals surface area contributed by atoms with Crippen molar-refractivity contribution in [3.8, 4) is 0 Å².